The van der Waals surface area contributed by atoms with E-state index in [4.69, 9.17) is 0 Å². The topological polar surface area (TPSA) is 34.1 Å². The van der Waals surface area contributed by atoms with Crippen LogP contribution in [0.5, 0.6) is 0 Å². The molecule has 2 radical (unpaired) electrons. The summed E-state index contributed by atoms with van der Waals surface area (Å²) in [5.74, 6) is 0.435. The monoisotopic (exact) mass is 348 g/mol. The summed E-state index contributed by atoms with van der Waals surface area (Å²) in [5, 5.41) is 0. The normalized spacial score (nSPS) is 6.57. The Morgan fingerprint density at radius 3 is 1.07 bits per heavy atom. The van der Waals surface area contributed by atoms with Crippen molar-refractivity contribution in [1.29, 1.82) is 0 Å². The molecule has 14 heavy (non-hydrogen) atoms. The van der Waals surface area contributed by atoms with E-state index in [1.165, 1.54) is 0 Å². The molecule has 0 aromatic heterocycles. The van der Waals surface area contributed by atoms with Gasteiger partial charge in [-0.05, 0) is 24.4 Å². The molecule has 0 amide bonds. The Labute approximate surface area is 138 Å². The van der Waals surface area contributed by atoms with Crippen LogP contribution in [0.15, 0.2) is 0 Å². The maximum atomic E-state index is 10.1. The molecule has 0 fully saturated rings. The van der Waals surface area contributed by atoms with Crippen LogP contribution < -0.4 is 0 Å². The van der Waals surface area contributed by atoms with Gasteiger partial charge < -0.3 is 22.4 Å². The number of rotatable bonds is 4. The summed E-state index contributed by atoms with van der Waals surface area (Å²) in [6.07, 6.45) is 4.44. The number of carbonyl (C=O) groups is 2. The second kappa shape index (κ2) is 19.8. The molecule has 0 heterocycles. The zero-order valence-electron chi connectivity index (χ0n) is 9.54. The van der Waals surface area contributed by atoms with E-state index >= 15 is 0 Å². The Hall–Kier alpha value is 1.29. The minimum atomic E-state index is 0. The molecule has 0 atom stereocenters. The molecule has 0 rings (SSSR count). The Morgan fingerprint density at radius 2 is 1.07 bits per heavy atom. The van der Waals surface area contributed by atoms with Gasteiger partial charge in [-0.15, -0.1) is 0 Å². The summed E-state index contributed by atoms with van der Waals surface area (Å²) in [6, 6.07) is 0. The van der Waals surface area contributed by atoms with Crippen LogP contribution >= 0.6 is 0 Å². The van der Waals surface area contributed by atoms with Gasteiger partial charge in [-0.25, -0.2) is 0 Å². The van der Waals surface area contributed by atoms with E-state index in [0.29, 0.717) is 12.8 Å². The van der Waals surface area contributed by atoms with Gasteiger partial charge in [0.15, 0.2) is 0 Å². The molecular formula is C10H18O2Y2-2. The minimum Gasteiger partial charge on any atom is -0.334 e. The summed E-state index contributed by atoms with van der Waals surface area (Å²) in [6.45, 7) is 7.21. The third-order valence-corrected chi connectivity index (χ3v) is 1.34. The number of Topliss-reactive ketones (excluding diaryl/α,β-unsaturated/α-hetero) is 2. The predicted octanol–water partition coefficient (Wildman–Crippen LogP) is 2.37. The molecule has 2 nitrogen and oxygen atoms in total. The molecule has 0 spiro atoms. The van der Waals surface area contributed by atoms with E-state index in [1.54, 1.807) is 26.7 Å². The van der Waals surface area contributed by atoms with Crippen LogP contribution in [0.25, 0.3) is 0 Å². The first kappa shape index (κ1) is 24.5. The quantitative estimate of drug-likeness (QED) is 0.732. The van der Waals surface area contributed by atoms with Crippen LogP contribution in [0.4, 0.5) is 0 Å². The van der Waals surface area contributed by atoms with Crippen molar-refractivity contribution >= 4 is 11.6 Å². The van der Waals surface area contributed by atoms with Crippen molar-refractivity contribution in [2.24, 2.45) is 0 Å². The first-order valence-electron chi connectivity index (χ1n) is 4.26. The molecule has 4 heteroatoms. The van der Waals surface area contributed by atoms with Gasteiger partial charge >= 0.3 is 0 Å². The molecule has 0 N–H and O–H groups in total. The van der Waals surface area contributed by atoms with E-state index < -0.39 is 0 Å². The summed E-state index contributed by atoms with van der Waals surface area (Å²) in [5.41, 5.74) is 0. The van der Waals surface area contributed by atoms with Crippen molar-refractivity contribution in [3.8, 4) is 0 Å². The molecule has 0 aliphatic heterocycles. The largest absolute Gasteiger partial charge is 0.334 e. The molecule has 0 bridgehead atoms. The summed E-state index contributed by atoms with van der Waals surface area (Å²) >= 11 is 0. The van der Waals surface area contributed by atoms with Crippen molar-refractivity contribution in [1.82, 2.24) is 0 Å². The SMILES string of the molecule is C[CH-]C(=O)CC.C[CH-]C(=O)CC.[Y].[Y]. The smallest absolute Gasteiger partial charge is 0 e. The van der Waals surface area contributed by atoms with Crippen LogP contribution in [-0.2, 0) is 75.0 Å². The van der Waals surface area contributed by atoms with Gasteiger partial charge in [-0.2, -0.15) is 13.8 Å². The third kappa shape index (κ3) is 23.3. The van der Waals surface area contributed by atoms with Gasteiger partial charge in [0, 0.05) is 65.4 Å². The molecular weight excluding hydrogens is 330 g/mol. The Kier molecular flexibility index (Phi) is 34.6. The Balaban J connectivity index is -0.0000000625. The molecule has 0 aliphatic carbocycles. The van der Waals surface area contributed by atoms with E-state index in [2.05, 4.69) is 0 Å². The predicted molar refractivity (Wildman–Crippen MR) is 50.5 cm³/mol. The first-order valence-corrected chi connectivity index (χ1v) is 4.26. The minimum absolute atomic E-state index is 0. The van der Waals surface area contributed by atoms with Crippen LogP contribution in [0.2, 0.25) is 0 Å². The number of hydrogen-bond acceptors (Lipinski definition) is 2. The Morgan fingerprint density at radius 1 is 0.857 bits per heavy atom. The summed E-state index contributed by atoms with van der Waals surface area (Å²) < 4.78 is 0. The van der Waals surface area contributed by atoms with Gasteiger partial charge in [0.2, 0.25) is 0 Å². The third-order valence-electron chi connectivity index (χ3n) is 1.34. The van der Waals surface area contributed by atoms with Crippen molar-refractivity contribution in [3.05, 3.63) is 12.8 Å². The van der Waals surface area contributed by atoms with Crippen LogP contribution in [-0.4, -0.2) is 11.6 Å². The van der Waals surface area contributed by atoms with Crippen molar-refractivity contribution in [3.63, 3.8) is 0 Å². The fraction of sp³-hybridized carbons (Fsp3) is 0.600. The van der Waals surface area contributed by atoms with E-state index in [0.717, 1.165) is 0 Å². The molecule has 0 aliphatic rings. The first-order chi connectivity index (χ1) is 5.62. The molecule has 0 aromatic carbocycles. The van der Waals surface area contributed by atoms with E-state index in [9.17, 15) is 9.59 Å². The second-order valence-electron chi connectivity index (χ2n) is 2.22. The number of hydrogen-bond donors (Lipinski definition) is 0. The second-order valence-corrected chi connectivity index (χ2v) is 2.22. The summed E-state index contributed by atoms with van der Waals surface area (Å²) in [4.78, 5) is 20.2. The van der Waals surface area contributed by atoms with Crippen LogP contribution in [0, 0.1) is 12.8 Å². The fourth-order valence-corrected chi connectivity index (χ4v) is 0.408. The van der Waals surface area contributed by atoms with Crippen LogP contribution in [0.1, 0.15) is 40.5 Å². The van der Waals surface area contributed by atoms with Gasteiger partial charge in [-0.3, -0.25) is 0 Å². The Bertz CT molecular complexity index is 108. The molecule has 0 saturated heterocycles. The van der Waals surface area contributed by atoms with E-state index in [1.807, 2.05) is 13.8 Å². The standard InChI is InChI=1S/2C5H9O.2Y/c2*1-3-5(6)4-2;;/h2*3H,4H2,1-2H3;;/q2*-1;;. The van der Waals surface area contributed by atoms with Gasteiger partial charge in [0.05, 0.1) is 0 Å². The molecule has 0 unspecified atom stereocenters. The van der Waals surface area contributed by atoms with Gasteiger partial charge in [0.25, 0.3) is 0 Å². The van der Waals surface area contributed by atoms with Crippen molar-refractivity contribution in [2.45, 2.75) is 40.5 Å². The van der Waals surface area contributed by atoms with Crippen LogP contribution in [0.3, 0.4) is 0 Å². The molecule has 78 valence electrons. The zero-order valence-corrected chi connectivity index (χ0v) is 15.2. The number of ketones is 2. The van der Waals surface area contributed by atoms with E-state index in [-0.39, 0.29) is 77.0 Å². The maximum Gasteiger partial charge on any atom is 0 e. The van der Waals surface area contributed by atoms with Gasteiger partial charge in [-0.1, -0.05) is 13.8 Å². The fourth-order valence-electron chi connectivity index (χ4n) is 0.408. The molecule has 0 aromatic rings. The summed E-state index contributed by atoms with van der Waals surface area (Å²) in [7, 11) is 0. The number of carbonyl (C=O) groups excluding carboxylic acids is 2. The average Bonchev–Trinajstić information content (AvgIpc) is 2.16. The molecule has 0 saturated carbocycles. The van der Waals surface area contributed by atoms with Crippen molar-refractivity contribution in [2.75, 3.05) is 0 Å². The van der Waals surface area contributed by atoms with Gasteiger partial charge in [0.1, 0.15) is 0 Å². The maximum absolute atomic E-state index is 10.1. The average molecular weight is 348 g/mol. The zero-order chi connectivity index (χ0) is 9.98. The van der Waals surface area contributed by atoms with Crippen molar-refractivity contribution < 1.29 is 75.0 Å².